The summed E-state index contributed by atoms with van der Waals surface area (Å²) in [7, 11) is 1.58. The number of nitrogens with one attached hydrogen (secondary N) is 1. The molecule has 0 amide bonds. The number of anilines is 2. The second-order valence-electron chi connectivity index (χ2n) is 4.83. The number of methoxy groups -OCH3 is 1. The van der Waals surface area contributed by atoms with E-state index >= 15 is 0 Å². The number of hydrogen-bond donors (Lipinski definition) is 1. The van der Waals surface area contributed by atoms with E-state index in [0.29, 0.717) is 28.7 Å². The van der Waals surface area contributed by atoms with Gasteiger partial charge in [0.05, 0.1) is 12.7 Å². The summed E-state index contributed by atoms with van der Waals surface area (Å²) < 4.78 is 6.04. The fourth-order valence-electron chi connectivity index (χ4n) is 2.07. The molecular weight excluding hydrogens is 332 g/mol. The summed E-state index contributed by atoms with van der Waals surface area (Å²) in [5.41, 5.74) is 1.13. The van der Waals surface area contributed by atoms with Crippen LogP contribution in [0.3, 0.4) is 0 Å². The zero-order valence-corrected chi connectivity index (χ0v) is 13.0. The Balaban J connectivity index is 1.99. The summed E-state index contributed by atoms with van der Waals surface area (Å²) in [5.74, 6) is 2.55. The summed E-state index contributed by atoms with van der Waals surface area (Å²) in [4.78, 5) is 8.92. The van der Waals surface area contributed by atoms with Gasteiger partial charge in [-0.05, 0) is 40.9 Å². The van der Waals surface area contributed by atoms with Crippen molar-refractivity contribution < 1.29 is 4.74 Å². The molecule has 1 aromatic carbocycles. The maximum atomic E-state index is 9.24. The number of rotatable bonds is 4. The monoisotopic (exact) mass is 344 g/mol. The first-order valence-corrected chi connectivity index (χ1v) is 7.39. The molecule has 1 N–H and O–H groups in total. The van der Waals surface area contributed by atoms with Crippen molar-refractivity contribution in [1.29, 1.82) is 5.26 Å². The molecule has 1 fully saturated rings. The van der Waals surface area contributed by atoms with Crippen LogP contribution in [0.4, 0.5) is 11.5 Å². The van der Waals surface area contributed by atoms with E-state index in [9.17, 15) is 5.26 Å². The molecule has 0 aliphatic heterocycles. The van der Waals surface area contributed by atoms with E-state index in [4.69, 9.17) is 4.74 Å². The average molecular weight is 345 g/mol. The van der Waals surface area contributed by atoms with E-state index in [1.54, 1.807) is 31.4 Å². The highest BCUT2D eigenvalue weighted by molar-refractivity contribution is 9.10. The van der Waals surface area contributed by atoms with Gasteiger partial charge in [-0.15, -0.1) is 0 Å². The van der Waals surface area contributed by atoms with Crippen molar-refractivity contribution in [3.8, 4) is 11.8 Å². The zero-order valence-electron chi connectivity index (χ0n) is 11.4. The molecule has 1 heterocycles. The van der Waals surface area contributed by atoms with E-state index in [0.717, 1.165) is 23.3 Å². The van der Waals surface area contributed by atoms with Gasteiger partial charge in [-0.2, -0.15) is 5.26 Å². The van der Waals surface area contributed by atoms with Gasteiger partial charge in [0, 0.05) is 12.0 Å². The van der Waals surface area contributed by atoms with Gasteiger partial charge in [0.1, 0.15) is 33.8 Å². The van der Waals surface area contributed by atoms with Gasteiger partial charge in [-0.1, -0.05) is 6.07 Å². The number of benzene rings is 1. The Morgan fingerprint density at radius 3 is 2.86 bits per heavy atom. The first kappa shape index (κ1) is 13.8. The molecule has 0 saturated heterocycles. The first-order chi connectivity index (χ1) is 10.2. The topological polar surface area (TPSA) is 70.8 Å². The predicted molar refractivity (Wildman–Crippen MR) is 82.7 cm³/mol. The second-order valence-corrected chi connectivity index (χ2v) is 5.64. The lowest BCUT2D eigenvalue weighted by Gasteiger charge is -2.12. The SMILES string of the molecule is COc1cccc(C#N)c1Nc1cc(Br)nc(C2CC2)n1. The molecule has 1 saturated carbocycles. The maximum absolute atomic E-state index is 9.24. The standard InChI is InChI=1S/C15H13BrN4O/c1-21-11-4-2-3-10(8-17)14(11)19-13-7-12(16)18-15(20-13)9-5-6-9/h2-4,7,9H,5-6H2,1H3,(H,18,19,20). The number of aromatic nitrogens is 2. The van der Waals surface area contributed by atoms with Gasteiger partial charge < -0.3 is 10.1 Å². The molecular formula is C15H13BrN4O. The highest BCUT2D eigenvalue weighted by Gasteiger charge is 2.27. The summed E-state index contributed by atoms with van der Waals surface area (Å²) in [6.07, 6.45) is 2.27. The number of ether oxygens (including phenoxy) is 1. The molecule has 1 aliphatic rings. The Labute approximate surface area is 131 Å². The lowest BCUT2D eigenvalue weighted by molar-refractivity contribution is 0.416. The number of halogens is 1. The molecule has 0 unspecified atom stereocenters. The predicted octanol–water partition coefficient (Wildman–Crippen LogP) is 3.74. The minimum atomic E-state index is 0.455. The van der Waals surface area contributed by atoms with E-state index in [1.165, 1.54) is 0 Å². The normalized spacial score (nSPS) is 13.6. The molecule has 106 valence electrons. The lowest BCUT2D eigenvalue weighted by atomic mass is 10.2. The summed E-state index contributed by atoms with van der Waals surface area (Å²) in [5, 5.41) is 12.4. The van der Waals surface area contributed by atoms with Crippen LogP contribution in [-0.4, -0.2) is 17.1 Å². The Bertz CT molecular complexity index is 722. The summed E-state index contributed by atoms with van der Waals surface area (Å²) in [6, 6.07) is 9.28. The minimum absolute atomic E-state index is 0.455. The summed E-state index contributed by atoms with van der Waals surface area (Å²) in [6.45, 7) is 0. The molecule has 0 bridgehead atoms. The molecule has 0 radical (unpaired) electrons. The minimum Gasteiger partial charge on any atom is -0.495 e. The van der Waals surface area contributed by atoms with Crippen LogP contribution < -0.4 is 10.1 Å². The molecule has 5 nitrogen and oxygen atoms in total. The molecule has 21 heavy (non-hydrogen) atoms. The largest absolute Gasteiger partial charge is 0.495 e. The van der Waals surface area contributed by atoms with Crippen LogP contribution in [0, 0.1) is 11.3 Å². The van der Waals surface area contributed by atoms with E-state index < -0.39 is 0 Å². The number of hydrogen-bond acceptors (Lipinski definition) is 5. The Morgan fingerprint density at radius 1 is 1.38 bits per heavy atom. The van der Waals surface area contributed by atoms with Crippen molar-refractivity contribution in [3.05, 3.63) is 40.3 Å². The van der Waals surface area contributed by atoms with Crippen LogP contribution in [0.5, 0.6) is 5.75 Å². The first-order valence-electron chi connectivity index (χ1n) is 6.60. The van der Waals surface area contributed by atoms with Crippen LogP contribution >= 0.6 is 15.9 Å². The fourth-order valence-corrected chi connectivity index (χ4v) is 2.47. The highest BCUT2D eigenvalue weighted by Crippen LogP contribution is 2.39. The van der Waals surface area contributed by atoms with Gasteiger partial charge in [0.15, 0.2) is 0 Å². The van der Waals surface area contributed by atoms with Crippen molar-refractivity contribution >= 4 is 27.4 Å². The van der Waals surface area contributed by atoms with Gasteiger partial charge in [-0.25, -0.2) is 9.97 Å². The lowest BCUT2D eigenvalue weighted by Crippen LogP contribution is -2.02. The van der Waals surface area contributed by atoms with E-state index in [1.807, 2.05) is 0 Å². The molecule has 2 aromatic rings. The maximum Gasteiger partial charge on any atom is 0.143 e. The molecule has 3 rings (SSSR count). The van der Waals surface area contributed by atoms with Gasteiger partial charge in [-0.3, -0.25) is 0 Å². The van der Waals surface area contributed by atoms with Crippen LogP contribution in [0.1, 0.15) is 30.1 Å². The third-order valence-corrected chi connectivity index (χ3v) is 3.68. The fraction of sp³-hybridized carbons (Fsp3) is 0.267. The second kappa shape index (κ2) is 5.70. The van der Waals surface area contributed by atoms with Crippen LogP contribution in [0.15, 0.2) is 28.9 Å². The zero-order chi connectivity index (χ0) is 14.8. The Morgan fingerprint density at radius 2 is 2.19 bits per heavy atom. The highest BCUT2D eigenvalue weighted by atomic mass is 79.9. The van der Waals surface area contributed by atoms with Gasteiger partial charge in [0.25, 0.3) is 0 Å². The Kier molecular flexibility index (Phi) is 3.76. The van der Waals surface area contributed by atoms with Crippen LogP contribution in [0.25, 0.3) is 0 Å². The van der Waals surface area contributed by atoms with Crippen molar-refractivity contribution in [3.63, 3.8) is 0 Å². The third-order valence-electron chi connectivity index (χ3n) is 3.27. The smallest absolute Gasteiger partial charge is 0.143 e. The van der Waals surface area contributed by atoms with E-state index in [2.05, 4.69) is 37.3 Å². The summed E-state index contributed by atoms with van der Waals surface area (Å²) >= 11 is 3.41. The van der Waals surface area contributed by atoms with Crippen LogP contribution in [-0.2, 0) is 0 Å². The third kappa shape index (κ3) is 2.98. The van der Waals surface area contributed by atoms with Gasteiger partial charge in [0.2, 0.25) is 0 Å². The Hall–Kier alpha value is -2.13. The average Bonchev–Trinajstić information content (AvgIpc) is 3.31. The molecule has 0 spiro atoms. The van der Waals surface area contributed by atoms with Crippen molar-refractivity contribution in [2.45, 2.75) is 18.8 Å². The molecule has 1 aliphatic carbocycles. The number of para-hydroxylation sites is 1. The quantitative estimate of drug-likeness (QED) is 0.855. The molecule has 6 heteroatoms. The molecule has 0 atom stereocenters. The number of nitriles is 1. The molecule has 1 aromatic heterocycles. The number of nitrogens with zero attached hydrogens (tertiary/aromatic N) is 3. The van der Waals surface area contributed by atoms with Crippen LogP contribution in [0.2, 0.25) is 0 Å². The van der Waals surface area contributed by atoms with E-state index in [-0.39, 0.29) is 0 Å². The van der Waals surface area contributed by atoms with Gasteiger partial charge >= 0.3 is 0 Å². The van der Waals surface area contributed by atoms with Crippen molar-refractivity contribution in [1.82, 2.24) is 9.97 Å². The van der Waals surface area contributed by atoms with Crippen molar-refractivity contribution in [2.75, 3.05) is 12.4 Å². The van der Waals surface area contributed by atoms with Crippen molar-refractivity contribution in [2.24, 2.45) is 0 Å².